The molecule has 0 amide bonds. The number of ketones is 2. The van der Waals surface area contributed by atoms with E-state index < -0.39 is 23.5 Å². The lowest BCUT2D eigenvalue weighted by molar-refractivity contribution is -0.133. The normalized spacial score (nSPS) is 12.2. The fourth-order valence-corrected chi connectivity index (χ4v) is 2.72. The molecule has 0 atom stereocenters. The van der Waals surface area contributed by atoms with Gasteiger partial charge in [0.05, 0.1) is 16.7 Å². The Morgan fingerprint density at radius 1 is 0.800 bits per heavy atom. The van der Waals surface area contributed by atoms with Gasteiger partial charge in [-0.05, 0) is 18.2 Å². The smallest absolute Gasteiger partial charge is 0.308 e. The Morgan fingerprint density at radius 2 is 1.32 bits per heavy atom. The van der Waals surface area contributed by atoms with Crippen LogP contribution in [0.25, 0.3) is 0 Å². The molecule has 0 unspecified atom stereocenters. The summed E-state index contributed by atoms with van der Waals surface area (Å²) in [7, 11) is 0. The van der Waals surface area contributed by atoms with Gasteiger partial charge >= 0.3 is 11.9 Å². The average Bonchev–Trinajstić information content (AvgIpc) is 2.52. The van der Waals surface area contributed by atoms with Crippen molar-refractivity contribution < 1.29 is 33.8 Å². The maximum absolute atomic E-state index is 12.9. The number of hydrogen-bond acceptors (Lipinski definition) is 7. The summed E-state index contributed by atoms with van der Waals surface area (Å²) >= 11 is 0. The van der Waals surface area contributed by atoms with Crippen molar-refractivity contribution in [3.8, 4) is 17.2 Å². The number of esters is 2. The summed E-state index contributed by atoms with van der Waals surface area (Å²) in [5, 5.41) is 9.99. The van der Waals surface area contributed by atoms with Gasteiger partial charge in [0.25, 0.3) is 0 Å². The van der Waals surface area contributed by atoms with E-state index in [2.05, 4.69) is 0 Å². The number of aromatic hydroxyl groups is 1. The van der Waals surface area contributed by atoms with Gasteiger partial charge in [0, 0.05) is 19.4 Å². The van der Waals surface area contributed by atoms with E-state index in [4.69, 9.17) is 9.47 Å². The van der Waals surface area contributed by atoms with Crippen molar-refractivity contribution >= 4 is 23.5 Å². The van der Waals surface area contributed by atoms with Crippen molar-refractivity contribution in [1.29, 1.82) is 0 Å². The molecule has 0 fully saturated rings. The van der Waals surface area contributed by atoms with Crippen LogP contribution < -0.4 is 9.47 Å². The lowest BCUT2D eigenvalue weighted by atomic mass is 9.82. The van der Waals surface area contributed by atoms with Gasteiger partial charge in [-0.15, -0.1) is 0 Å². The van der Waals surface area contributed by atoms with Crippen LogP contribution in [-0.4, -0.2) is 28.6 Å². The van der Waals surface area contributed by atoms with Gasteiger partial charge in [-0.2, -0.15) is 0 Å². The van der Waals surface area contributed by atoms with Crippen LogP contribution in [0, 0.1) is 0 Å². The molecular formula is C18H12O7. The fourth-order valence-electron chi connectivity index (χ4n) is 2.72. The minimum absolute atomic E-state index is 0.0223. The third-order valence-electron chi connectivity index (χ3n) is 3.60. The minimum Gasteiger partial charge on any atom is -0.507 e. The SMILES string of the molecule is CC(=O)Oc1ccc(OC(C)=O)c2c1C(=O)c1cccc(O)c1C2=O. The summed E-state index contributed by atoms with van der Waals surface area (Å²) in [5.41, 5.74) is -0.621. The van der Waals surface area contributed by atoms with E-state index in [-0.39, 0.29) is 39.5 Å². The van der Waals surface area contributed by atoms with Gasteiger partial charge < -0.3 is 14.6 Å². The molecule has 7 heteroatoms. The van der Waals surface area contributed by atoms with E-state index in [9.17, 15) is 24.3 Å². The van der Waals surface area contributed by atoms with Crippen molar-refractivity contribution in [2.45, 2.75) is 13.8 Å². The Kier molecular flexibility index (Phi) is 3.84. The van der Waals surface area contributed by atoms with E-state index in [0.29, 0.717) is 0 Å². The number of phenolic OH excluding ortho intramolecular Hbond substituents is 1. The number of carbonyl (C=O) groups is 4. The van der Waals surface area contributed by atoms with E-state index in [0.717, 1.165) is 13.8 Å². The Labute approximate surface area is 141 Å². The molecule has 0 aliphatic heterocycles. The molecule has 2 aromatic rings. The maximum Gasteiger partial charge on any atom is 0.308 e. The monoisotopic (exact) mass is 340 g/mol. The number of ether oxygens (including phenoxy) is 2. The maximum atomic E-state index is 12.9. The second-order valence-corrected chi connectivity index (χ2v) is 5.36. The first-order valence-electron chi connectivity index (χ1n) is 7.26. The van der Waals surface area contributed by atoms with Crippen LogP contribution in [0.3, 0.4) is 0 Å². The van der Waals surface area contributed by atoms with Crippen LogP contribution >= 0.6 is 0 Å². The predicted molar refractivity (Wildman–Crippen MR) is 84.0 cm³/mol. The molecule has 0 spiro atoms. The molecule has 2 aromatic carbocycles. The lowest BCUT2D eigenvalue weighted by Gasteiger charge is -2.22. The van der Waals surface area contributed by atoms with Gasteiger partial charge in [-0.25, -0.2) is 0 Å². The third-order valence-corrected chi connectivity index (χ3v) is 3.60. The molecule has 126 valence electrons. The highest BCUT2D eigenvalue weighted by Crippen LogP contribution is 2.41. The molecule has 0 saturated heterocycles. The van der Waals surface area contributed by atoms with Crippen LogP contribution in [-0.2, 0) is 9.59 Å². The average molecular weight is 340 g/mol. The first-order chi connectivity index (χ1) is 11.8. The van der Waals surface area contributed by atoms with Crippen LogP contribution in [0.2, 0.25) is 0 Å². The van der Waals surface area contributed by atoms with Crippen molar-refractivity contribution in [1.82, 2.24) is 0 Å². The minimum atomic E-state index is -0.701. The first kappa shape index (κ1) is 16.4. The summed E-state index contributed by atoms with van der Waals surface area (Å²) < 4.78 is 10.0. The highest BCUT2D eigenvalue weighted by molar-refractivity contribution is 6.31. The standard InChI is InChI=1S/C18H12O7/c1-8(19)24-12-6-7-13(25-9(2)20)16-15(12)17(22)10-4-3-5-11(21)14(10)18(16)23/h3-7,21H,1-2H3. The molecule has 1 aliphatic carbocycles. The highest BCUT2D eigenvalue weighted by atomic mass is 16.5. The summed E-state index contributed by atoms with van der Waals surface area (Å²) in [6.07, 6.45) is 0. The van der Waals surface area contributed by atoms with E-state index in [1.165, 1.54) is 30.3 Å². The number of rotatable bonds is 2. The van der Waals surface area contributed by atoms with E-state index in [1.807, 2.05) is 0 Å². The molecule has 1 aliphatic rings. The molecule has 3 rings (SSSR count). The van der Waals surface area contributed by atoms with Crippen molar-refractivity contribution in [2.24, 2.45) is 0 Å². The number of carbonyl (C=O) groups excluding carboxylic acids is 4. The van der Waals surface area contributed by atoms with Crippen molar-refractivity contribution in [3.05, 3.63) is 52.6 Å². The second kappa shape index (κ2) is 5.86. The zero-order valence-electron chi connectivity index (χ0n) is 13.3. The van der Waals surface area contributed by atoms with Crippen LogP contribution in [0.5, 0.6) is 17.2 Å². The molecule has 0 heterocycles. The number of phenols is 1. The first-order valence-corrected chi connectivity index (χ1v) is 7.26. The lowest BCUT2D eigenvalue weighted by Crippen LogP contribution is -2.24. The van der Waals surface area contributed by atoms with Gasteiger partial charge in [-0.1, -0.05) is 12.1 Å². The van der Waals surface area contributed by atoms with E-state index in [1.54, 1.807) is 0 Å². The molecule has 0 radical (unpaired) electrons. The van der Waals surface area contributed by atoms with Crippen LogP contribution in [0.4, 0.5) is 0 Å². The topological polar surface area (TPSA) is 107 Å². The molecule has 25 heavy (non-hydrogen) atoms. The third kappa shape index (κ3) is 2.65. The Bertz CT molecular complexity index is 956. The molecule has 1 N–H and O–H groups in total. The fraction of sp³-hybridized carbons (Fsp3) is 0.111. The molecule has 0 saturated carbocycles. The van der Waals surface area contributed by atoms with Crippen molar-refractivity contribution in [3.63, 3.8) is 0 Å². The number of benzene rings is 2. The predicted octanol–water partition coefficient (Wildman–Crippen LogP) is 2.02. The van der Waals surface area contributed by atoms with Crippen molar-refractivity contribution in [2.75, 3.05) is 0 Å². The highest BCUT2D eigenvalue weighted by Gasteiger charge is 2.37. The molecule has 0 aromatic heterocycles. The van der Waals surface area contributed by atoms with Gasteiger partial charge in [0.15, 0.2) is 5.78 Å². The van der Waals surface area contributed by atoms with Gasteiger partial charge in [0.1, 0.15) is 17.2 Å². The van der Waals surface area contributed by atoms with Gasteiger partial charge in [-0.3, -0.25) is 19.2 Å². The zero-order chi connectivity index (χ0) is 18.3. The molecule has 0 bridgehead atoms. The van der Waals surface area contributed by atoms with Crippen LogP contribution in [0.15, 0.2) is 30.3 Å². The van der Waals surface area contributed by atoms with Crippen LogP contribution in [0.1, 0.15) is 45.7 Å². The summed E-state index contributed by atoms with van der Waals surface area (Å²) in [6, 6.07) is 6.61. The van der Waals surface area contributed by atoms with Gasteiger partial charge in [0.2, 0.25) is 5.78 Å². The Hall–Kier alpha value is -3.48. The summed E-state index contributed by atoms with van der Waals surface area (Å²) in [6.45, 7) is 2.30. The number of hydrogen-bond donors (Lipinski definition) is 1. The molecular weight excluding hydrogens is 328 g/mol. The zero-order valence-corrected chi connectivity index (χ0v) is 13.3. The second-order valence-electron chi connectivity index (χ2n) is 5.36. The van der Waals surface area contributed by atoms with E-state index >= 15 is 0 Å². The Morgan fingerprint density at radius 3 is 1.84 bits per heavy atom. The Balaban J connectivity index is 2.33. The number of fused-ring (bicyclic) bond motifs is 2. The summed E-state index contributed by atoms with van der Waals surface area (Å²) in [5.74, 6) is -3.32. The summed E-state index contributed by atoms with van der Waals surface area (Å²) in [4.78, 5) is 48.3. The largest absolute Gasteiger partial charge is 0.507 e. The quantitative estimate of drug-likeness (QED) is 0.562. The molecule has 7 nitrogen and oxygen atoms in total.